The lowest BCUT2D eigenvalue weighted by Gasteiger charge is -2.04. The van der Waals surface area contributed by atoms with Gasteiger partial charge in [-0.3, -0.25) is 0 Å². The van der Waals surface area contributed by atoms with Crippen molar-refractivity contribution < 1.29 is 8.91 Å². The molecule has 2 aromatic rings. The first-order chi connectivity index (χ1) is 8.24. The Kier molecular flexibility index (Phi) is 3.43. The number of aromatic nitrogens is 3. The molecule has 0 aliphatic rings. The summed E-state index contributed by atoms with van der Waals surface area (Å²) >= 11 is 0. The third-order valence-corrected chi connectivity index (χ3v) is 2.52. The van der Waals surface area contributed by atoms with Crippen molar-refractivity contribution in [3.63, 3.8) is 0 Å². The van der Waals surface area contributed by atoms with E-state index in [1.165, 1.54) is 12.1 Å². The van der Waals surface area contributed by atoms with Crippen LogP contribution in [0.4, 0.5) is 4.39 Å². The maximum absolute atomic E-state index is 12.7. The number of halogens is 1. The van der Waals surface area contributed by atoms with Gasteiger partial charge in [0.2, 0.25) is 11.7 Å². The van der Waals surface area contributed by atoms with E-state index in [9.17, 15) is 4.39 Å². The molecule has 2 rings (SSSR count). The van der Waals surface area contributed by atoms with Crippen LogP contribution < -0.4 is 5.73 Å². The smallest absolute Gasteiger partial charge is 0.231 e. The minimum Gasteiger partial charge on any atom is -0.339 e. The Morgan fingerprint density at radius 2 is 2.29 bits per heavy atom. The minimum atomic E-state index is -0.397. The predicted octanol–water partition coefficient (Wildman–Crippen LogP) is 1.72. The van der Waals surface area contributed by atoms with Gasteiger partial charge in [0.05, 0.1) is 12.1 Å². The Morgan fingerprint density at radius 1 is 1.47 bits per heavy atom. The van der Waals surface area contributed by atoms with Crippen LogP contribution >= 0.6 is 0 Å². The molecule has 0 spiro atoms. The molecule has 0 bridgehead atoms. The van der Waals surface area contributed by atoms with Gasteiger partial charge in [-0.25, -0.2) is 9.37 Å². The van der Waals surface area contributed by atoms with Gasteiger partial charge in [0.1, 0.15) is 11.5 Å². The third-order valence-electron chi connectivity index (χ3n) is 2.52. The van der Waals surface area contributed by atoms with E-state index in [-0.39, 0.29) is 5.92 Å². The normalized spacial score (nSPS) is 12.6. The molecule has 2 heterocycles. The van der Waals surface area contributed by atoms with Gasteiger partial charge in [-0.15, -0.1) is 0 Å². The molecule has 1 unspecified atom stereocenters. The zero-order valence-electron chi connectivity index (χ0n) is 9.43. The first-order valence-corrected chi connectivity index (χ1v) is 5.40. The van der Waals surface area contributed by atoms with E-state index in [1.807, 2.05) is 6.92 Å². The van der Waals surface area contributed by atoms with Gasteiger partial charge in [0.15, 0.2) is 0 Å². The summed E-state index contributed by atoms with van der Waals surface area (Å²) in [6.07, 6.45) is 1.95. The molecular weight excluding hydrogens is 223 g/mol. The van der Waals surface area contributed by atoms with Gasteiger partial charge in [-0.05, 0) is 18.6 Å². The van der Waals surface area contributed by atoms with Crippen molar-refractivity contribution in [2.75, 3.05) is 6.54 Å². The molecule has 0 amide bonds. The minimum absolute atomic E-state index is 0.0525. The summed E-state index contributed by atoms with van der Waals surface area (Å²) in [6, 6.07) is 2.81. The number of hydrogen-bond donors (Lipinski definition) is 1. The number of nitrogens with zero attached hydrogens (tertiary/aromatic N) is 3. The van der Waals surface area contributed by atoms with Crippen LogP contribution in [0.1, 0.15) is 25.2 Å². The Bertz CT molecular complexity index is 478. The molecule has 0 aliphatic heterocycles. The molecule has 6 heteroatoms. The lowest BCUT2D eigenvalue weighted by Crippen LogP contribution is -2.11. The molecule has 0 aromatic carbocycles. The summed E-state index contributed by atoms with van der Waals surface area (Å²) < 4.78 is 17.8. The second-order valence-electron chi connectivity index (χ2n) is 3.66. The molecular formula is C11H13FN4O. The molecule has 90 valence electrons. The SMILES string of the molecule is CCC(CN)c1nc(-c2ccc(F)cn2)no1. The van der Waals surface area contributed by atoms with Crippen LogP contribution in [0.15, 0.2) is 22.9 Å². The molecule has 1 atom stereocenters. The monoisotopic (exact) mass is 236 g/mol. The Hall–Kier alpha value is -1.82. The second-order valence-corrected chi connectivity index (χ2v) is 3.66. The topological polar surface area (TPSA) is 77.8 Å². The average molecular weight is 236 g/mol. The first-order valence-electron chi connectivity index (χ1n) is 5.40. The molecule has 0 saturated heterocycles. The number of pyridine rings is 1. The number of hydrogen-bond acceptors (Lipinski definition) is 5. The van der Waals surface area contributed by atoms with Crippen molar-refractivity contribution in [2.45, 2.75) is 19.3 Å². The van der Waals surface area contributed by atoms with Crippen LogP contribution in [0, 0.1) is 5.82 Å². The second kappa shape index (κ2) is 5.01. The molecule has 5 nitrogen and oxygen atoms in total. The van der Waals surface area contributed by atoms with E-state index < -0.39 is 5.82 Å². The highest BCUT2D eigenvalue weighted by Crippen LogP contribution is 2.19. The number of nitrogens with two attached hydrogens (primary N) is 1. The van der Waals surface area contributed by atoms with Crippen molar-refractivity contribution in [1.82, 2.24) is 15.1 Å². The fraction of sp³-hybridized carbons (Fsp3) is 0.364. The largest absolute Gasteiger partial charge is 0.339 e. The maximum Gasteiger partial charge on any atom is 0.231 e. The maximum atomic E-state index is 12.7. The van der Waals surface area contributed by atoms with Crippen molar-refractivity contribution in [3.8, 4) is 11.5 Å². The van der Waals surface area contributed by atoms with Crippen molar-refractivity contribution in [1.29, 1.82) is 0 Å². The van der Waals surface area contributed by atoms with E-state index in [4.69, 9.17) is 10.3 Å². The summed E-state index contributed by atoms with van der Waals surface area (Å²) in [5, 5.41) is 3.81. The van der Waals surface area contributed by atoms with Crippen molar-refractivity contribution >= 4 is 0 Å². The van der Waals surface area contributed by atoms with Gasteiger partial charge in [0, 0.05) is 6.54 Å². The lowest BCUT2D eigenvalue weighted by atomic mass is 10.1. The summed E-state index contributed by atoms with van der Waals surface area (Å²) in [7, 11) is 0. The van der Waals surface area contributed by atoms with Crippen LogP contribution in [-0.2, 0) is 0 Å². The molecule has 0 fully saturated rings. The molecule has 0 aliphatic carbocycles. The van der Waals surface area contributed by atoms with Gasteiger partial charge in [-0.2, -0.15) is 4.98 Å². The highest BCUT2D eigenvalue weighted by molar-refractivity contribution is 5.47. The van der Waals surface area contributed by atoms with Crippen LogP contribution in [0.25, 0.3) is 11.5 Å². The van der Waals surface area contributed by atoms with Crippen molar-refractivity contribution in [3.05, 3.63) is 30.0 Å². The molecule has 0 radical (unpaired) electrons. The predicted molar refractivity (Wildman–Crippen MR) is 59.6 cm³/mol. The Balaban J connectivity index is 2.26. The summed E-state index contributed by atoms with van der Waals surface area (Å²) in [4.78, 5) is 8.09. The number of rotatable bonds is 4. The zero-order chi connectivity index (χ0) is 12.3. The van der Waals surface area contributed by atoms with Gasteiger partial charge in [-0.1, -0.05) is 12.1 Å². The van der Waals surface area contributed by atoms with Gasteiger partial charge in [0.25, 0.3) is 0 Å². The molecule has 2 aromatic heterocycles. The summed E-state index contributed by atoms with van der Waals surface area (Å²) in [6.45, 7) is 2.45. The van der Waals surface area contributed by atoms with Crippen molar-refractivity contribution in [2.24, 2.45) is 5.73 Å². The quantitative estimate of drug-likeness (QED) is 0.874. The average Bonchev–Trinajstić information content (AvgIpc) is 2.81. The fourth-order valence-electron chi connectivity index (χ4n) is 1.46. The van der Waals surface area contributed by atoms with E-state index in [2.05, 4.69) is 15.1 Å². The summed E-state index contributed by atoms with van der Waals surface area (Å²) in [5.41, 5.74) is 6.07. The standard InChI is InChI=1S/C11H13FN4O/c1-2-7(5-13)11-15-10(16-17-11)9-4-3-8(12)6-14-9/h3-4,6-7H,2,5,13H2,1H3. The first kappa shape index (κ1) is 11.7. The van der Waals surface area contributed by atoms with Crippen LogP contribution in [-0.4, -0.2) is 21.7 Å². The molecule has 17 heavy (non-hydrogen) atoms. The van der Waals surface area contributed by atoms with Crippen LogP contribution in [0.2, 0.25) is 0 Å². The van der Waals surface area contributed by atoms with Gasteiger partial charge < -0.3 is 10.3 Å². The summed E-state index contributed by atoms with van der Waals surface area (Å²) in [5.74, 6) is 0.505. The Morgan fingerprint density at radius 3 is 2.88 bits per heavy atom. The lowest BCUT2D eigenvalue weighted by molar-refractivity contribution is 0.351. The highest BCUT2D eigenvalue weighted by Gasteiger charge is 2.16. The Labute approximate surface area is 97.9 Å². The molecule has 2 N–H and O–H groups in total. The molecule has 0 saturated carbocycles. The fourth-order valence-corrected chi connectivity index (χ4v) is 1.46. The third kappa shape index (κ3) is 2.47. The van der Waals surface area contributed by atoms with E-state index >= 15 is 0 Å². The zero-order valence-corrected chi connectivity index (χ0v) is 9.43. The van der Waals surface area contributed by atoms with E-state index in [1.54, 1.807) is 0 Å². The van der Waals surface area contributed by atoms with Crippen LogP contribution in [0.5, 0.6) is 0 Å². The van der Waals surface area contributed by atoms with E-state index in [0.29, 0.717) is 24.0 Å². The highest BCUT2D eigenvalue weighted by atomic mass is 19.1. The van der Waals surface area contributed by atoms with Crippen LogP contribution in [0.3, 0.4) is 0 Å². The van der Waals surface area contributed by atoms with Gasteiger partial charge >= 0.3 is 0 Å². The van der Waals surface area contributed by atoms with E-state index in [0.717, 1.165) is 12.6 Å².